The van der Waals surface area contributed by atoms with Gasteiger partial charge in [0.2, 0.25) is 11.8 Å². The zero-order valence-corrected chi connectivity index (χ0v) is 20.5. The summed E-state index contributed by atoms with van der Waals surface area (Å²) in [6.45, 7) is -0.415. The number of carbonyl (C=O) groups is 5. The van der Waals surface area contributed by atoms with Crippen LogP contribution in [0.5, 0.6) is 0 Å². The van der Waals surface area contributed by atoms with Gasteiger partial charge in [-0.25, -0.2) is 4.79 Å². The minimum atomic E-state index is -1.99. The van der Waals surface area contributed by atoms with Crippen molar-refractivity contribution in [2.45, 2.75) is 35.1 Å². The Morgan fingerprint density at radius 1 is 1.18 bits per heavy atom. The van der Waals surface area contributed by atoms with Gasteiger partial charge in [0.15, 0.2) is 9.75 Å². The third-order valence-corrected chi connectivity index (χ3v) is 9.27. The molecular weight excluding hydrogens is 557 g/mol. The lowest BCUT2D eigenvalue weighted by atomic mass is 9.57. The first-order chi connectivity index (χ1) is 16.0. The van der Waals surface area contributed by atoms with E-state index in [-0.39, 0.29) is 29.8 Å². The van der Waals surface area contributed by atoms with Crippen LogP contribution < -0.4 is 5.73 Å². The van der Waals surface area contributed by atoms with Crippen LogP contribution in [0.15, 0.2) is 28.2 Å². The van der Waals surface area contributed by atoms with Crippen molar-refractivity contribution in [1.82, 2.24) is 9.80 Å². The summed E-state index contributed by atoms with van der Waals surface area (Å²) < 4.78 is 5.75. The Bertz CT molecular complexity index is 1200. The first kappa shape index (κ1) is 23.5. The molecule has 6 amide bonds. The van der Waals surface area contributed by atoms with Crippen molar-refractivity contribution >= 4 is 68.8 Å². The van der Waals surface area contributed by atoms with E-state index in [0.29, 0.717) is 10.5 Å². The van der Waals surface area contributed by atoms with Crippen molar-refractivity contribution in [2.75, 3.05) is 5.45 Å². The largest absolute Gasteiger partial charge is 0.463 e. The number of amides is 6. The van der Waals surface area contributed by atoms with Crippen LogP contribution in [0.3, 0.4) is 0 Å². The van der Waals surface area contributed by atoms with Crippen LogP contribution in [0.25, 0.3) is 0 Å². The van der Waals surface area contributed by atoms with Crippen LogP contribution in [0.4, 0.5) is 4.79 Å². The number of alkyl halides is 3. The van der Waals surface area contributed by atoms with Crippen LogP contribution in [-0.4, -0.2) is 59.8 Å². The monoisotopic (exact) mass is 573 g/mol. The van der Waals surface area contributed by atoms with Gasteiger partial charge in [-0.1, -0.05) is 27.6 Å². The van der Waals surface area contributed by atoms with Crippen molar-refractivity contribution in [1.29, 1.82) is 0 Å². The van der Waals surface area contributed by atoms with Crippen LogP contribution in [0, 0.1) is 17.8 Å². The van der Waals surface area contributed by atoms with E-state index in [0.717, 1.165) is 4.90 Å². The molecule has 180 valence electrons. The number of fused-ring (bicyclic) bond motifs is 4. The number of nitrogens with two attached hydrogens (primary N) is 1. The number of primary amides is 1. The molecule has 6 unspecified atom stereocenters. The fraction of sp³-hybridized carbons (Fsp3) is 0.476. The summed E-state index contributed by atoms with van der Waals surface area (Å²) in [6, 6.07) is 1.85. The SMILES string of the molecule is NC(=O)N1C(=O)C2CC=C3C(CC4(Cl)C(=O)N(CBr)C(=O)C4(Cl)C3c3ccc(CO)o3)C2C1=O. The van der Waals surface area contributed by atoms with E-state index >= 15 is 0 Å². The number of urea groups is 1. The fourth-order valence-corrected chi connectivity index (χ4v) is 7.32. The van der Waals surface area contributed by atoms with Gasteiger partial charge in [-0.3, -0.25) is 24.1 Å². The maximum absolute atomic E-state index is 13.5. The predicted octanol–water partition coefficient (Wildman–Crippen LogP) is 1.56. The first-order valence-corrected chi connectivity index (χ1v) is 12.3. The average Bonchev–Trinajstić information content (AvgIpc) is 3.40. The molecule has 0 bridgehead atoms. The first-order valence-electron chi connectivity index (χ1n) is 10.4. The third-order valence-electron chi connectivity index (χ3n) is 7.36. The normalized spacial score (nSPS) is 37.0. The number of carbonyl (C=O) groups excluding carboxylic acids is 5. The molecule has 3 N–H and O–H groups in total. The van der Waals surface area contributed by atoms with Crippen molar-refractivity contribution in [3.05, 3.63) is 35.3 Å². The molecule has 10 nitrogen and oxygen atoms in total. The van der Waals surface area contributed by atoms with Crippen molar-refractivity contribution in [2.24, 2.45) is 23.5 Å². The van der Waals surface area contributed by atoms with E-state index < -0.39 is 69.7 Å². The second-order valence-electron chi connectivity index (χ2n) is 8.80. The second-order valence-corrected chi connectivity index (χ2v) is 10.5. The summed E-state index contributed by atoms with van der Waals surface area (Å²) >= 11 is 17.1. The highest BCUT2D eigenvalue weighted by atomic mass is 79.9. The van der Waals surface area contributed by atoms with Gasteiger partial charge in [0.25, 0.3) is 11.8 Å². The molecule has 6 atom stereocenters. The summed E-state index contributed by atoms with van der Waals surface area (Å²) in [4.78, 5) is 62.0. The number of hydrogen-bond acceptors (Lipinski definition) is 7. The smallest absolute Gasteiger partial charge is 0.328 e. The number of hydrogen-bond donors (Lipinski definition) is 2. The van der Waals surface area contributed by atoms with Gasteiger partial charge in [-0.05, 0) is 30.9 Å². The van der Waals surface area contributed by atoms with E-state index in [9.17, 15) is 29.1 Å². The highest BCUT2D eigenvalue weighted by Gasteiger charge is 2.77. The number of halogens is 3. The van der Waals surface area contributed by atoms with Crippen molar-refractivity contribution in [3.8, 4) is 0 Å². The summed E-state index contributed by atoms with van der Waals surface area (Å²) in [5.74, 6) is -6.30. The number of furan rings is 1. The van der Waals surface area contributed by atoms with Crippen LogP contribution in [0.1, 0.15) is 30.3 Å². The molecule has 34 heavy (non-hydrogen) atoms. The third kappa shape index (κ3) is 2.69. The fourth-order valence-electron chi connectivity index (χ4n) is 5.92. The maximum Gasteiger partial charge on any atom is 0.328 e. The number of allylic oxidation sites excluding steroid dienone is 2. The van der Waals surface area contributed by atoms with E-state index in [1.807, 2.05) is 0 Å². The molecule has 2 saturated heterocycles. The minimum absolute atomic E-state index is 0.0987. The predicted molar refractivity (Wildman–Crippen MR) is 119 cm³/mol. The van der Waals surface area contributed by atoms with Gasteiger partial charge < -0.3 is 15.3 Å². The molecule has 3 heterocycles. The van der Waals surface area contributed by atoms with Gasteiger partial charge in [0, 0.05) is 0 Å². The van der Waals surface area contributed by atoms with Crippen LogP contribution in [-0.2, 0) is 25.8 Å². The van der Waals surface area contributed by atoms with Gasteiger partial charge in [0.1, 0.15) is 18.1 Å². The Balaban J connectivity index is 1.72. The molecule has 4 aliphatic rings. The Labute approximate surface area is 211 Å². The molecular formula is C21H18BrCl2N3O7. The molecule has 3 fully saturated rings. The molecule has 5 rings (SSSR count). The topological polar surface area (TPSA) is 151 Å². The maximum atomic E-state index is 13.5. The van der Waals surface area contributed by atoms with Gasteiger partial charge in [0.05, 0.1) is 23.2 Å². The van der Waals surface area contributed by atoms with Crippen LogP contribution in [0.2, 0.25) is 0 Å². The number of rotatable bonds is 3. The van der Waals surface area contributed by atoms with Gasteiger partial charge >= 0.3 is 6.03 Å². The molecule has 1 aromatic heterocycles. The molecule has 2 aliphatic carbocycles. The lowest BCUT2D eigenvalue weighted by Gasteiger charge is -2.49. The van der Waals surface area contributed by atoms with Gasteiger partial charge in [-0.2, -0.15) is 4.90 Å². The van der Waals surface area contributed by atoms with Crippen molar-refractivity contribution < 1.29 is 33.5 Å². The summed E-state index contributed by atoms with van der Waals surface area (Å²) in [5, 5.41) is 9.49. The number of nitrogens with zero attached hydrogens (tertiary/aromatic N) is 2. The summed E-state index contributed by atoms with van der Waals surface area (Å²) in [7, 11) is 0. The van der Waals surface area contributed by atoms with E-state index in [4.69, 9.17) is 33.4 Å². The summed E-state index contributed by atoms with van der Waals surface area (Å²) in [6.07, 6.45) is 1.58. The Morgan fingerprint density at radius 2 is 1.88 bits per heavy atom. The van der Waals surface area contributed by atoms with Crippen molar-refractivity contribution in [3.63, 3.8) is 0 Å². The molecule has 13 heteroatoms. The molecule has 0 aromatic carbocycles. The quantitative estimate of drug-likeness (QED) is 0.240. The highest BCUT2D eigenvalue weighted by Crippen LogP contribution is 2.65. The van der Waals surface area contributed by atoms with E-state index in [1.165, 1.54) is 12.1 Å². The Morgan fingerprint density at radius 3 is 2.47 bits per heavy atom. The standard InChI is InChI=1S/C21H18BrCl2N3O7/c22-7-26-17(31)20(23)5-11-9(2-3-10-13(11)16(30)27(15(10)29)19(25)33)14(21(20,24)18(26)32)12-4-1-8(6-28)34-12/h1-2,4,10-11,13-14,28H,3,5-7H2,(H2,25,33). The second kappa shape index (κ2) is 7.64. The molecule has 1 aromatic rings. The van der Waals surface area contributed by atoms with E-state index in [1.54, 1.807) is 6.08 Å². The highest BCUT2D eigenvalue weighted by molar-refractivity contribution is 9.09. The lowest BCUT2D eigenvalue weighted by molar-refractivity contribution is -0.139. The van der Waals surface area contributed by atoms with Crippen LogP contribution >= 0.6 is 39.1 Å². The van der Waals surface area contributed by atoms with E-state index in [2.05, 4.69) is 15.9 Å². The summed E-state index contributed by atoms with van der Waals surface area (Å²) in [5.41, 5.74) is 5.64. The number of aliphatic hydroxyl groups is 1. The minimum Gasteiger partial charge on any atom is -0.463 e. The molecule has 0 radical (unpaired) electrons. The zero-order valence-electron chi connectivity index (χ0n) is 17.4. The van der Waals surface area contributed by atoms with Gasteiger partial charge in [-0.15, -0.1) is 23.2 Å². The molecule has 0 spiro atoms. The molecule has 1 saturated carbocycles. The number of aliphatic hydroxyl groups excluding tert-OH is 1. The average molecular weight is 575 g/mol. The zero-order chi connectivity index (χ0) is 24.7. The Kier molecular flexibility index (Phi) is 5.29. The molecule has 2 aliphatic heterocycles. The Hall–Kier alpha value is -2.21. The number of imide groups is 4. The number of likely N-dealkylation sites (tertiary alicyclic amines) is 2. The lowest BCUT2D eigenvalue weighted by Crippen LogP contribution is -2.60.